The van der Waals surface area contributed by atoms with E-state index in [0.717, 1.165) is 32.6 Å². The topological polar surface area (TPSA) is 76.9 Å². The van der Waals surface area contributed by atoms with Crippen molar-refractivity contribution in [3.63, 3.8) is 0 Å². The van der Waals surface area contributed by atoms with E-state index in [-0.39, 0.29) is 5.75 Å². The van der Waals surface area contributed by atoms with Crippen LogP contribution in [0, 0.1) is 0 Å². The van der Waals surface area contributed by atoms with Crippen LogP contribution in [0.15, 0.2) is 48.8 Å². The van der Waals surface area contributed by atoms with E-state index >= 15 is 0 Å². The van der Waals surface area contributed by atoms with Crippen molar-refractivity contribution in [3.8, 4) is 5.75 Å². The molecule has 1 fully saturated rings. The van der Waals surface area contributed by atoms with Crippen LogP contribution in [0.3, 0.4) is 0 Å². The molecule has 0 unspecified atom stereocenters. The summed E-state index contributed by atoms with van der Waals surface area (Å²) in [5.74, 6) is -0.710. The second kappa shape index (κ2) is 8.09. The number of carbonyl (C=O) groups is 1. The van der Waals surface area contributed by atoms with E-state index in [9.17, 15) is 15.0 Å². The Kier molecular flexibility index (Phi) is 5.63. The molecule has 0 radical (unpaired) electrons. The van der Waals surface area contributed by atoms with E-state index in [1.54, 1.807) is 18.3 Å². The van der Waals surface area contributed by atoms with E-state index in [4.69, 9.17) is 0 Å². The zero-order valence-corrected chi connectivity index (χ0v) is 14.1. The fraction of sp³-hybridized carbons (Fsp3) is 0.368. The summed E-state index contributed by atoms with van der Waals surface area (Å²) in [6.45, 7) is 4.02. The summed E-state index contributed by atoms with van der Waals surface area (Å²) in [6.07, 6.45) is 4.56. The van der Waals surface area contributed by atoms with Gasteiger partial charge in [0.05, 0.1) is 0 Å². The highest BCUT2D eigenvalue weighted by atomic mass is 16.4. The van der Waals surface area contributed by atoms with Gasteiger partial charge in [0.2, 0.25) is 0 Å². The van der Waals surface area contributed by atoms with Crippen molar-refractivity contribution in [1.29, 1.82) is 0 Å². The normalized spacial score (nSPS) is 17.8. The highest BCUT2D eigenvalue weighted by Crippen LogP contribution is 2.24. The Balaban J connectivity index is 1.68. The van der Waals surface area contributed by atoms with E-state index < -0.39 is 12.0 Å². The van der Waals surface area contributed by atoms with Gasteiger partial charge in [0, 0.05) is 38.6 Å². The van der Waals surface area contributed by atoms with Gasteiger partial charge in [-0.05, 0) is 42.3 Å². The number of aromatic hydroxyl groups is 1. The fourth-order valence-corrected chi connectivity index (χ4v) is 3.32. The zero-order valence-electron chi connectivity index (χ0n) is 14.1. The second-order valence-electron chi connectivity index (χ2n) is 6.36. The van der Waals surface area contributed by atoms with Crippen molar-refractivity contribution in [3.05, 3.63) is 59.9 Å². The predicted molar refractivity (Wildman–Crippen MR) is 94.2 cm³/mol. The highest BCUT2D eigenvalue weighted by molar-refractivity contribution is 5.75. The Labute approximate surface area is 147 Å². The van der Waals surface area contributed by atoms with Crippen LogP contribution in [0.4, 0.5) is 0 Å². The van der Waals surface area contributed by atoms with Crippen molar-refractivity contribution in [2.45, 2.75) is 19.0 Å². The van der Waals surface area contributed by atoms with E-state index in [1.165, 1.54) is 17.7 Å². The molecule has 3 rings (SSSR count). The molecule has 25 heavy (non-hydrogen) atoms. The zero-order chi connectivity index (χ0) is 17.6. The molecule has 1 aliphatic heterocycles. The molecule has 1 saturated heterocycles. The molecule has 0 aliphatic carbocycles. The van der Waals surface area contributed by atoms with Crippen molar-refractivity contribution in [1.82, 2.24) is 14.8 Å². The molecule has 2 heterocycles. The molecule has 1 aromatic carbocycles. The molecule has 6 nitrogen and oxygen atoms in total. The van der Waals surface area contributed by atoms with Crippen LogP contribution in [0.1, 0.15) is 23.6 Å². The maximum absolute atomic E-state index is 11.8. The summed E-state index contributed by atoms with van der Waals surface area (Å²) in [5, 5.41) is 19.1. The number of phenols is 1. The third kappa shape index (κ3) is 4.55. The Bertz CT molecular complexity index is 691. The van der Waals surface area contributed by atoms with E-state index in [1.807, 2.05) is 17.2 Å². The van der Waals surface area contributed by atoms with Crippen LogP contribution in [0.2, 0.25) is 0 Å². The SMILES string of the molecule is O=C(O)[C@@H](c1ccc(O)cc1)N1CCCN(Cc2cccnc2)CC1. The van der Waals surface area contributed by atoms with Gasteiger partial charge in [-0.15, -0.1) is 0 Å². The van der Waals surface area contributed by atoms with Crippen molar-refractivity contribution < 1.29 is 15.0 Å². The molecule has 1 atom stereocenters. The first-order valence-corrected chi connectivity index (χ1v) is 8.50. The summed E-state index contributed by atoms with van der Waals surface area (Å²) in [6, 6.07) is 9.77. The van der Waals surface area contributed by atoms with Gasteiger partial charge in [-0.2, -0.15) is 0 Å². The lowest BCUT2D eigenvalue weighted by molar-refractivity contribution is -0.143. The molecule has 1 aromatic heterocycles. The summed E-state index contributed by atoms with van der Waals surface area (Å²) in [4.78, 5) is 20.3. The van der Waals surface area contributed by atoms with Crippen LogP contribution in [0.25, 0.3) is 0 Å². The number of benzene rings is 1. The molecule has 0 amide bonds. The number of aromatic nitrogens is 1. The van der Waals surface area contributed by atoms with Gasteiger partial charge in [0.15, 0.2) is 0 Å². The van der Waals surface area contributed by atoms with Gasteiger partial charge < -0.3 is 10.2 Å². The first-order chi connectivity index (χ1) is 12.1. The Morgan fingerprint density at radius 3 is 2.60 bits per heavy atom. The quantitative estimate of drug-likeness (QED) is 0.867. The lowest BCUT2D eigenvalue weighted by Gasteiger charge is -2.28. The standard InChI is InChI=1S/C19H23N3O3/c23-17-6-4-16(5-7-17)18(19(24)25)22-10-2-9-21(11-12-22)14-15-3-1-8-20-13-15/h1,3-8,13,18,23H,2,9-12,14H2,(H,24,25)/t18-/m1/s1. The molecule has 1 aliphatic rings. The number of carboxylic acid groups (broad SMARTS) is 1. The van der Waals surface area contributed by atoms with E-state index in [2.05, 4.69) is 16.0 Å². The molecule has 6 heteroatoms. The number of nitrogens with zero attached hydrogens (tertiary/aromatic N) is 3. The number of hydrogen-bond acceptors (Lipinski definition) is 5. The molecule has 132 valence electrons. The van der Waals surface area contributed by atoms with Crippen molar-refractivity contribution in [2.75, 3.05) is 26.2 Å². The third-order valence-corrected chi connectivity index (χ3v) is 4.56. The second-order valence-corrected chi connectivity index (χ2v) is 6.36. The molecule has 0 bridgehead atoms. The summed E-state index contributed by atoms with van der Waals surface area (Å²) in [5.41, 5.74) is 1.87. The number of hydrogen-bond donors (Lipinski definition) is 2. The molecule has 2 aromatic rings. The number of phenolic OH excluding ortho intramolecular Hbond substituents is 1. The predicted octanol–water partition coefficient (Wildman–Crippen LogP) is 2.12. The number of aliphatic carboxylic acids is 1. The summed E-state index contributed by atoms with van der Waals surface area (Å²) in [7, 11) is 0. The van der Waals surface area contributed by atoms with Gasteiger partial charge in [0.25, 0.3) is 0 Å². The lowest BCUT2D eigenvalue weighted by atomic mass is 10.0. The maximum Gasteiger partial charge on any atom is 0.325 e. The smallest absolute Gasteiger partial charge is 0.325 e. The number of pyridine rings is 1. The van der Waals surface area contributed by atoms with Crippen LogP contribution in [0.5, 0.6) is 5.75 Å². The minimum Gasteiger partial charge on any atom is -0.508 e. The van der Waals surface area contributed by atoms with Crippen LogP contribution in [-0.2, 0) is 11.3 Å². The Morgan fingerprint density at radius 1 is 1.12 bits per heavy atom. The average Bonchev–Trinajstić information content (AvgIpc) is 2.83. The van der Waals surface area contributed by atoms with Gasteiger partial charge in [-0.25, -0.2) is 0 Å². The Hall–Kier alpha value is -2.44. The van der Waals surface area contributed by atoms with Crippen molar-refractivity contribution in [2.24, 2.45) is 0 Å². The Morgan fingerprint density at radius 2 is 1.92 bits per heavy atom. The van der Waals surface area contributed by atoms with Crippen LogP contribution < -0.4 is 0 Å². The molecule has 2 N–H and O–H groups in total. The molecular weight excluding hydrogens is 318 g/mol. The van der Waals surface area contributed by atoms with Gasteiger partial charge in [-0.3, -0.25) is 19.6 Å². The lowest BCUT2D eigenvalue weighted by Crippen LogP contribution is -2.37. The summed E-state index contributed by atoms with van der Waals surface area (Å²) < 4.78 is 0. The van der Waals surface area contributed by atoms with Crippen LogP contribution in [-0.4, -0.2) is 57.1 Å². The van der Waals surface area contributed by atoms with Crippen LogP contribution >= 0.6 is 0 Å². The van der Waals surface area contributed by atoms with Crippen molar-refractivity contribution >= 4 is 5.97 Å². The largest absolute Gasteiger partial charge is 0.508 e. The molecular formula is C19H23N3O3. The molecule has 0 saturated carbocycles. The maximum atomic E-state index is 11.8. The van der Waals surface area contributed by atoms with Gasteiger partial charge in [-0.1, -0.05) is 18.2 Å². The monoisotopic (exact) mass is 341 g/mol. The average molecular weight is 341 g/mol. The number of carboxylic acids is 1. The summed E-state index contributed by atoms with van der Waals surface area (Å²) >= 11 is 0. The fourth-order valence-electron chi connectivity index (χ4n) is 3.32. The minimum absolute atomic E-state index is 0.145. The highest BCUT2D eigenvalue weighted by Gasteiger charge is 2.29. The van der Waals surface area contributed by atoms with E-state index in [0.29, 0.717) is 12.1 Å². The number of rotatable bonds is 5. The minimum atomic E-state index is -0.855. The first kappa shape index (κ1) is 17.4. The third-order valence-electron chi connectivity index (χ3n) is 4.56. The van der Waals surface area contributed by atoms with Gasteiger partial charge >= 0.3 is 5.97 Å². The van der Waals surface area contributed by atoms with Gasteiger partial charge in [0.1, 0.15) is 11.8 Å². The first-order valence-electron chi connectivity index (χ1n) is 8.50. The molecule has 0 spiro atoms.